The van der Waals surface area contributed by atoms with Crippen LogP contribution >= 0.6 is 11.3 Å². The Morgan fingerprint density at radius 2 is 1.03 bits per heavy atom. The Morgan fingerprint density at radius 3 is 1.85 bits per heavy atom. The standard InChI is InChI=1S/C57H37N3S/c1-4-17-38(18-5-1)44-23-10-11-24-46(44)47-25-12-14-27-50(47)60(53-30-16-29-52-55(53)48-26-13-15-28-51(48)59(52)42-21-8-3-9-22-42)43-34-35-45-41(37-43)32-31-39-33-36-49-56(54(39)45)61-57(58-49)40-19-6-2-7-20-40/h1-37H. The van der Waals surface area contributed by atoms with Crippen molar-refractivity contribution in [1.29, 1.82) is 0 Å². The lowest BCUT2D eigenvalue weighted by Crippen LogP contribution is -2.12. The number of fused-ring (bicyclic) bond motifs is 8. The minimum atomic E-state index is 1.03. The highest BCUT2D eigenvalue weighted by atomic mass is 32.1. The van der Waals surface area contributed by atoms with E-state index >= 15 is 0 Å². The van der Waals surface area contributed by atoms with E-state index in [4.69, 9.17) is 4.98 Å². The van der Waals surface area contributed by atoms with Gasteiger partial charge in [-0.2, -0.15) is 0 Å². The fraction of sp³-hybridized carbons (Fsp3) is 0. The first-order valence-corrected chi connectivity index (χ1v) is 21.5. The predicted molar refractivity (Wildman–Crippen MR) is 260 cm³/mol. The summed E-state index contributed by atoms with van der Waals surface area (Å²) in [7, 11) is 0. The number of rotatable bonds is 7. The second-order valence-electron chi connectivity index (χ2n) is 15.5. The monoisotopic (exact) mass is 795 g/mol. The molecule has 0 N–H and O–H groups in total. The van der Waals surface area contributed by atoms with Crippen LogP contribution in [0.4, 0.5) is 17.1 Å². The van der Waals surface area contributed by atoms with Crippen molar-refractivity contribution in [2.75, 3.05) is 4.90 Å². The topological polar surface area (TPSA) is 21.1 Å². The molecule has 12 rings (SSSR count). The van der Waals surface area contributed by atoms with E-state index in [1.807, 2.05) is 0 Å². The summed E-state index contributed by atoms with van der Waals surface area (Å²) < 4.78 is 3.62. The van der Waals surface area contributed by atoms with Gasteiger partial charge in [-0.15, -0.1) is 11.3 Å². The fourth-order valence-corrected chi connectivity index (χ4v) is 10.4. The predicted octanol–water partition coefficient (Wildman–Crippen LogP) is 16.2. The summed E-state index contributed by atoms with van der Waals surface area (Å²) in [5.74, 6) is 0. The van der Waals surface area contributed by atoms with Crippen LogP contribution in [0.5, 0.6) is 0 Å². The van der Waals surface area contributed by atoms with Crippen LogP contribution in [0.25, 0.3) is 92.1 Å². The number of aromatic nitrogens is 2. The Bertz CT molecular complexity index is 3590. The van der Waals surface area contributed by atoms with Crippen LogP contribution in [-0.2, 0) is 0 Å². The third kappa shape index (κ3) is 5.83. The first-order valence-electron chi connectivity index (χ1n) is 20.7. The molecule has 10 aromatic carbocycles. The molecule has 0 radical (unpaired) electrons. The first kappa shape index (κ1) is 35.2. The molecule has 0 amide bonds. The second kappa shape index (κ2) is 14.5. The molecule has 4 heteroatoms. The zero-order valence-corrected chi connectivity index (χ0v) is 33.9. The molecule has 0 aliphatic carbocycles. The molecular formula is C57H37N3S. The van der Waals surface area contributed by atoms with Gasteiger partial charge in [-0.1, -0.05) is 170 Å². The van der Waals surface area contributed by atoms with Crippen molar-refractivity contribution >= 4 is 82.0 Å². The normalized spacial score (nSPS) is 11.6. The van der Waals surface area contributed by atoms with Crippen LogP contribution < -0.4 is 4.90 Å². The summed E-state index contributed by atoms with van der Waals surface area (Å²) in [6.07, 6.45) is 0. The van der Waals surface area contributed by atoms with Crippen LogP contribution in [-0.4, -0.2) is 9.55 Å². The van der Waals surface area contributed by atoms with E-state index in [9.17, 15) is 0 Å². The van der Waals surface area contributed by atoms with E-state index in [2.05, 4.69) is 234 Å². The molecule has 0 unspecified atom stereocenters. The van der Waals surface area contributed by atoms with Gasteiger partial charge in [0.25, 0.3) is 0 Å². The largest absolute Gasteiger partial charge is 0.309 e. The quantitative estimate of drug-likeness (QED) is 0.150. The summed E-state index contributed by atoms with van der Waals surface area (Å²) in [6, 6.07) is 81.2. The van der Waals surface area contributed by atoms with Gasteiger partial charge in [0.05, 0.1) is 32.6 Å². The third-order valence-corrected chi connectivity index (χ3v) is 13.1. The van der Waals surface area contributed by atoms with Crippen molar-refractivity contribution in [3.05, 3.63) is 224 Å². The summed E-state index contributed by atoms with van der Waals surface area (Å²) in [6.45, 7) is 0. The number of benzene rings is 10. The van der Waals surface area contributed by atoms with Crippen LogP contribution in [0.1, 0.15) is 0 Å². The molecular weight excluding hydrogens is 759 g/mol. The van der Waals surface area contributed by atoms with Gasteiger partial charge in [0.1, 0.15) is 5.01 Å². The molecule has 61 heavy (non-hydrogen) atoms. The van der Waals surface area contributed by atoms with Gasteiger partial charge in [0, 0.05) is 38.7 Å². The van der Waals surface area contributed by atoms with Crippen LogP contribution in [0.15, 0.2) is 224 Å². The van der Waals surface area contributed by atoms with E-state index in [1.54, 1.807) is 11.3 Å². The van der Waals surface area contributed by atoms with Crippen molar-refractivity contribution in [2.45, 2.75) is 0 Å². The lowest BCUT2D eigenvalue weighted by Gasteiger charge is -2.29. The average Bonchev–Trinajstić information content (AvgIpc) is 3.93. The molecule has 0 bridgehead atoms. The smallest absolute Gasteiger partial charge is 0.124 e. The molecule has 12 aromatic rings. The fourth-order valence-electron chi connectivity index (χ4n) is 9.30. The number of hydrogen-bond acceptors (Lipinski definition) is 3. The Labute approximate surface area is 357 Å². The molecule has 0 aliphatic heterocycles. The summed E-state index contributed by atoms with van der Waals surface area (Å²) in [5.41, 5.74) is 13.7. The maximum atomic E-state index is 5.12. The zero-order chi connectivity index (χ0) is 40.3. The van der Waals surface area contributed by atoms with Crippen molar-refractivity contribution in [3.63, 3.8) is 0 Å². The Morgan fingerprint density at radius 1 is 0.410 bits per heavy atom. The third-order valence-electron chi connectivity index (χ3n) is 12.0. The molecule has 0 fully saturated rings. The van der Waals surface area contributed by atoms with Crippen LogP contribution in [0.3, 0.4) is 0 Å². The zero-order valence-electron chi connectivity index (χ0n) is 33.1. The van der Waals surface area contributed by atoms with E-state index in [0.717, 1.165) is 49.9 Å². The van der Waals surface area contributed by atoms with Gasteiger partial charge in [-0.25, -0.2) is 4.98 Å². The van der Waals surface area contributed by atoms with Crippen molar-refractivity contribution < 1.29 is 0 Å². The molecule has 2 heterocycles. The molecule has 0 spiro atoms. The summed E-state index contributed by atoms with van der Waals surface area (Å²) >= 11 is 1.78. The van der Waals surface area contributed by atoms with E-state index in [0.29, 0.717) is 0 Å². The van der Waals surface area contributed by atoms with E-state index in [-0.39, 0.29) is 0 Å². The molecule has 0 saturated carbocycles. The summed E-state index contributed by atoms with van der Waals surface area (Å²) in [5, 5.41) is 8.31. The minimum absolute atomic E-state index is 1.03. The lowest BCUT2D eigenvalue weighted by molar-refractivity contribution is 1.18. The van der Waals surface area contributed by atoms with Gasteiger partial charge in [-0.3, -0.25) is 0 Å². The number of para-hydroxylation sites is 3. The van der Waals surface area contributed by atoms with E-state index < -0.39 is 0 Å². The average molecular weight is 796 g/mol. The highest BCUT2D eigenvalue weighted by molar-refractivity contribution is 7.22. The molecule has 286 valence electrons. The number of anilines is 3. The van der Waals surface area contributed by atoms with Gasteiger partial charge in [0.2, 0.25) is 0 Å². The SMILES string of the molecule is c1ccc(-c2nc3ccc4ccc5cc(N(c6ccccc6-c6ccccc6-c6ccccc6)c6cccc7c6c6ccccc6n7-c6ccccc6)ccc5c4c3s2)cc1. The van der Waals surface area contributed by atoms with Crippen molar-refractivity contribution in [1.82, 2.24) is 9.55 Å². The summed E-state index contributed by atoms with van der Waals surface area (Å²) in [4.78, 5) is 7.61. The highest BCUT2D eigenvalue weighted by Crippen LogP contribution is 2.49. The van der Waals surface area contributed by atoms with Gasteiger partial charge >= 0.3 is 0 Å². The Hall–Kier alpha value is -7.79. The lowest BCUT2D eigenvalue weighted by atomic mass is 9.92. The van der Waals surface area contributed by atoms with Crippen LogP contribution in [0, 0.1) is 0 Å². The highest BCUT2D eigenvalue weighted by Gasteiger charge is 2.24. The maximum Gasteiger partial charge on any atom is 0.124 e. The van der Waals surface area contributed by atoms with Gasteiger partial charge in [-0.05, 0) is 87.4 Å². The van der Waals surface area contributed by atoms with E-state index in [1.165, 1.54) is 59.2 Å². The molecule has 0 aliphatic rings. The van der Waals surface area contributed by atoms with Gasteiger partial charge < -0.3 is 9.47 Å². The molecule has 0 atom stereocenters. The Kier molecular flexibility index (Phi) is 8.36. The van der Waals surface area contributed by atoms with Crippen molar-refractivity contribution in [2.24, 2.45) is 0 Å². The number of hydrogen-bond donors (Lipinski definition) is 0. The first-order chi connectivity index (χ1) is 30.3. The molecule has 3 nitrogen and oxygen atoms in total. The van der Waals surface area contributed by atoms with Crippen molar-refractivity contribution in [3.8, 4) is 38.5 Å². The Balaban J connectivity index is 1.14. The minimum Gasteiger partial charge on any atom is -0.309 e. The number of thiazole rings is 1. The maximum absolute atomic E-state index is 5.12. The number of nitrogens with zero attached hydrogens (tertiary/aromatic N) is 3. The van der Waals surface area contributed by atoms with Gasteiger partial charge in [0.15, 0.2) is 0 Å². The molecule has 0 saturated heterocycles. The molecule has 2 aromatic heterocycles. The second-order valence-corrected chi connectivity index (χ2v) is 16.5. The van der Waals surface area contributed by atoms with Crippen LogP contribution in [0.2, 0.25) is 0 Å².